The molecule has 1 saturated carbocycles. The molecule has 0 spiro atoms. The molecule has 0 amide bonds. The van der Waals surface area contributed by atoms with Crippen LogP contribution in [0.3, 0.4) is 0 Å². The lowest BCUT2D eigenvalue weighted by molar-refractivity contribution is 0.162. The minimum atomic E-state index is -3.29. The monoisotopic (exact) mass is 343 g/mol. The molecule has 1 aliphatic carbocycles. The van der Waals surface area contributed by atoms with E-state index in [9.17, 15) is 13.7 Å². The van der Waals surface area contributed by atoms with Crippen LogP contribution in [0.1, 0.15) is 11.5 Å². The molecule has 1 aromatic carbocycles. The van der Waals surface area contributed by atoms with Gasteiger partial charge in [0.2, 0.25) is 0 Å². The summed E-state index contributed by atoms with van der Waals surface area (Å²) in [5.74, 6) is -0.319. The van der Waals surface area contributed by atoms with Gasteiger partial charge < -0.3 is 4.74 Å². The van der Waals surface area contributed by atoms with E-state index in [1.807, 2.05) is 24.3 Å². The van der Waals surface area contributed by atoms with Gasteiger partial charge in [-0.05, 0) is 17.7 Å². The largest absolute Gasteiger partial charge is 0.383 e. The van der Waals surface area contributed by atoms with Gasteiger partial charge in [-0.25, -0.2) is 8.42 Å². The molecular weight excluding hydrogens is 330 g/mol. The molecule has 3 atom stereocenters. The highest BCUT2D eigenvalue weighted by Crippen LogP contribution is 2.62. The van der Waals surface area contributed by atoms with Gasteiger partial charge in [-0.2, -0.15) is 5.26 Å². The first kappa shape index (κ1) is 14.5. The maximum absolute atomic E-state index is 11.9. The van der Waals surface area contributed by atoms with Crippen molar-refractivity contribution in [2.45, 2.75) is 11.2 Å². The molecule has 0 unspecified atom stereocenters. The van der Waals surface area contributed by atoms with Gasteiger partial charge in [0.1, 0.15) is 5.41 Å². The fourth-order valence-corrected chi connectivity index (χ4v) is 4.86. The lowest BCUT2D eigenvalue weighted by Gasteiger charge is -2.06. The number of hydrogen-bond donors (Lipinski definition) is 0. The van der Waals surface area contributed by atoms with Crippen LogP contribution in [0.5, 0.6) is 0 Å². The molecule has 1 fully saturated rings. The zero-order valence-electron chi connectivity index (χ0n) is 10.6. The number of nitriles is 1. The summed E-state index contributed by atoms with van der Waals surface area (Å²) in [7, 11) is -1.81. The van der Waals surface area contributed by atoms with Crippen LogP contribution in [0.25, 0.3) is 0 Å². The first-order valence-corrected chi connectivity index (χ1v) is 8.46. The minimum Gasteiger partial charge on any atom is -0.383 e. The van der Waals surface area contributed by atoms with Crippen molar-refractivity contribution in [2.24, 2.45) is 5.41 Å². The number of sulfone groups is 1. The molecule has 0 aliphatic heterocycles. The van der Waals surface area contributed by atoms with E-state index >= 15 is 0 Å². The molecule has 4 nitrogen and oxygen atoms in total. The molecule has 0 heterocycles. The fourth-order valence-electron chi connectivity index (χ4n) is 2.75. The topological polar surface area (TPSA) is 67.2 Å². The molecular formula is C13H14BrNO3S. The summed E-state index contributed by atoms with van der Waals surface area (Å²) in [6, 6.07) is 9.55. The van der Waals surface area contributed by atoms with Gasteiger partial charge in [-0.3, -0.25) is 0 Å². The molecule has 0 radical (unpaired) electrons. The summed E-state index contributed by atoms with van der Waals surface area (Å²) < 4.78 is 29.7. The van der Waals surface area contributed by atoms with Crippen molar-refractivity contribution in [2.75, 3.05) is 20.0 Å². The quantitative estimate of drug-likeness (QED) is 0.839. The molecule has 6 heteroatoms. The Bertz CT molecular complexity index is 620. The Labute approximate surface area is 121 Å². The van der Waals surface area contributed by atoms with Crippen molar-refractivity contribution < 1.29 is 13.2 Å². The van der Waals surface area contributed by atoms with Crippen LogP contribution in [0.4, 0.5) is 0 Å². The summed E-state index contributed by atoms with van der Waals surface area (Å²) in [5.41, 5.74) is -0.104. The highest BCUT2D eigenvalue weighted by molar-refractivity contribution is 9.10. The van der Waals surface area contributed by atoms with E-state index in [2.05, 4.69) is 22.0 Å². The van der Waals surface area contributed by atoms with E-state index in [0.29, 0.717) is 0 Å². The van der Waals surface area contributed by atoms with E-state index in [1.165, 1.54) is 13.4 Å². The van der Waals surface area contributed by atoms with Crippen molar-refractivity contribution >= 4 is 25.8 Å². The van der Waals surface area contributed by atoms with Crippen molar-refractivity contribution in [3.63, 3.8) is 0 Å². The van der Waals surface area contributed by atoms with Crippen molar-refractivity contribution in [1.29, 1.82) is 5.26 Å². The van der Waals surface area contributed by atoms with Crippen LogP contribution in [0, 0.1) is 16.7 Å². The van der Waals surface area contributed by atoms with Gasteiger partial charge in [0.05, 0.1) is 17.9 Å². The molecule has 0 bridgehead atoms. The molecule has 102 valence electrons. The number of benzene rings is 1. The zero-order chi connectivity index (χ0) is 14.3. The van der Waals surface area contributed by atoms with Gasteiger partial charge in [0.15, 0.2) is 9.84 Å². The Hall–Kier alpha value is -0.900. The van der Waals surface area contributed by atoms with Gasteiger partial charge in [0, 0.05) is 23.8 Å². The van der Waals surface area contributed by atoms with E-state index in [1.54, 1.807) is 0 Å². The number of methoxy groups -OCH3 is 1. The SMILES string of the molecule is COC[C@]1(C#N)[C@H](c2ccc(Br)cc2)[C@@H]1S(C)(=O)=O. The van der Waals surface area contributed by atoms with E-state index in [4.69, 9.17) is 4.74 Å². The molecule has 0 N–H and O–H groups in total. The van der Waals surface area contributed by atoms with Gasteiger partial charge in [0.25, 0.3) is 0 Å². The lowest BCUT2D eigenvalue weighted by Crippen LogP contribution is -2.17. The first-order valence-electron chi connectivity index (χ1n) is 5.71. The van der Waals surface area contributed by atoms with Crippen LogP contribution >= 0.6 is 15.9 Å². The van der Waals surface area contributed by atoms with Crippen LogP contribution in [0.15, 0.2) is 28.7 Å². The second kappa shape index (κ2) is 4.89. The van der Waals surface area contributed by atoms with Crippen molar-refractivity contribution in [3.8, 4) is 6.07 Å². The van der Waals surface area contributed by atoms with Crippen LogP contribution in [-0.2, 0) is 14.6 Å². The second-order valence-corrected chi connectivity index (χ2v) is 7.95. The molecule has 19 heavy (non-hydrogen) atoms. The van der Waals surface area contributed by atoms with E-state index < -0.39 is 20.5 Å². The van der Waals surface area contributed by atoms with Crippen LogP contribution in [0.2, 0.25) is 0 Å². The minimum absolute atomic E-state index is 0.127. The molecule has 0 aromatic heterocycles. The summed E-state index contributed by atoms with van der Waals surface area (Å²) in [6.45, 7) is 0.127. The van der Waals surface area contributed by atoms with Gasteiger partial charge in [-0.15, -0.1) is 0 Å². The standard InChI is InChI=1S/C13H14BrNO3S/c1-18-8-13(7-15)11(12(13)19(2,16)17)9-3-5-10(14)6-4-9/h3-6,11-12H,8H2,1-2H3/t11-,12+,13-/m1/s1. The number of rotatable bonds is 4. The predicted octanol–water partition coefficient (Wildman–Crippen LogP) is 2.12. The van der Waals surface area contributed by atoms with Crippen molar-refractivity contribution in [1.82, 2.24) is 0 Å². The molecule has 1 aromatic rings. The van der Waals surface area contributed by atoms with E-state index in [0.717, 1.165) is 10.0 Å². The maximum Gasteiger partial charge on any atom is 0.152 e. The van der Waals surface area contributed by atoms with Crippen LogP contribution < -0.4 is 0 Å². The predicted molar refractivity (Wildman–Crippen MR) is 75.4 cm³/mol. The summed E-state index contributed by atoms with van der Waals surface area (Å²) in [4.78, 5) is 0. The average Bonchev–Trinajstić information content (AvgIpc) is 3.00. The molecule has 2 rings (SSSR count). The lowest BCUT2D eigenvalue weighted by atomic mass is 10.0. The Morgan fingerprint density at radius 2 is 2.00 bits per heavy atom. The Balaban J connectivity index is 2.44. The highest BCUT2D eigenvalue weighted by Gasteiger charge is 2.71. The Kier molecular flexibility index (Phi) is 3.74. The number of hydrogen-bond acceptors (Lipinski definition) is 4. The average molecular weight is 344 g/mol. The number of ether oxygens (including phenoxy) is 1. The zero-order valence-corrected chi connectivity index (χ0v) is 13.0. The smallest absolute Gasteiger partial charge is 0.152 e. The highest BCUT2D eigenvalue weighted by atomic mass is 79.9. The third-order valence-corrected chi connectivity index (χ3v) is 5.68. The summed E-state index contributed by atoms with van der Waals surface area (Å²) in [6.07, 6.45) is 1.18. The fraction of sp³-hybridized carbons (Fsp3) is 0.462. The Morgan fingerprint density at radius 1 is 1.42 bits per heavy atom. The second-order valence-electron chi connectivity index (χ2n) is 4.86. The van der Waals surface area contributed by atoms with Crippen molar-refractivity contribution in [3.05, 3.63) is 34.3 Å². The number of nitrogens with zero attached hydrogens (tertiary/aromatic N) is 1. The van der Waals surface area contributed by atoms with Gasteiger partial charge >= 0.3 is 0 Å². The van der Waals surface area contributed by atoms with E-state index in [-0.39, 0.29) is 12.5 Å². The van der Waals surface area contributed by atoms with Gasteiger partial charge in [-0.1, -0.05) is 28.1 Å². The summed E-state index contributed by atoms with van der Waals surface area (Å²) in [5, 5.41) is 8.72. The normalized spacial score (nSPS) is 29.8. The number of halogens is 1. The first-order chi connectivity index (χ1) is 8.86. The van der Waals surface area contributed by atoms with Crippen LogP contribution in [-0.4, -0.2) is 33.6 Å². The molecule has 1 aliphatic rings. The third-order valence-electron chi connectivity index (χ3n) is 3.54. The summed E-state index contributed by atoms with van der Waals surface area (Å²) >= 11 is 3.34. The Morgan fingerprint density at radius 3 is 2.42 bits per heavy atom. The third kappa shape index (κ3) is 2.42. The maximum atomic E-state index is 11.9. The molecule has 0 saturated heterocycles.